The molecule has 0 radical (unpaired) electrons. The van der Waals surface area contributed by atoms with Gasteiger partial charge in [-0.1, -0.05) is 11.8 Å². The molecule has 0 aromatic carbocycles. The third-order valence-electron chi connectivity index (χ3n) is 6.57. The molecule has 43 heavy (non-hydrogen) atoms. The Morgan fingerprint density at radius 1 is 1.30 bits per heavy atom. The van der Waals surface area contributed by atoms with E-state index in [1.165, 1.54) is 26.7 Å². The van der Waals surface area contributed by atoms with Gasteiger partial charge in [-0.3, -0.25) is 23.2 Å². The highest BCUT2D eigenvalue weighted by atomic mass is 35.5. The summed E-state index contributed by atoms with van der Waals surface area (Å²) in [5.74, 6) is -0.357. The monoisotopic (exact) mass is 666 g/mol. The molecule has 15 nitrogen and oxygen atoms in total. The van der Waals surface area contributed by atoms with Crippen molar-refractivity contribution in [2.75, 3.05) is 38.4 Å². The van der Waals surface area contributed by atoms with Crippen molar-refractivity contribution in [2.24, 2.45) is 5.41 Å². The molecule has 18 heteroatoms. The molecule has 0 bridgehead atoms. The molecule has 1 aliphatic rings. The molecule has 0 aliphatic carbocycles. The normalized spacial score (nSPS) is 24.7. The van der Waals surface area contributed by atoms with Gasteiger partial charge in [0.1, 0.15) is 35.0 Å². The van der Waals surface area contributed by atoms with Crippen LogP contribution in [0.2, 0.25) is 0 Å². The lowest BCUT2D eigenvalue weighted by molar-refractivity contribution is -0.149. The minimum absolute atomic E-state index is 0.114. The minimum atomic E-state index is -4.20. The van der Waals surface area contributed by atoms with Crippen molar-refractivity contribution in [2.45, 2.75) is 77.0 Å². The Bertz CT molecular complexity index is 1330. The maximum atomic E-state index is 13.9. The zero-order valence-electron chi connectivity index (χ0n) is 25.2. The summed E-state index contributed by atoms with van der Waals surface area (Å²) in [5.41, 5.74) is 5.75. The van der Waals surface area contributed by atoms with Crippen molar-refractivity contribution in [3.63, 3.8) is 0 Å². The van der Waals surface area contributed by atoms with Gasteiger partial charge < -0.3 is 25.1 Å². The van der Waals surface area contributed by atoms with Gasteiger partial charge in [0.25, 0.3) is 0 Å². The Balaban J connectivity index is 1.77. The largest absolute Gasteiger partial charge is 0.462 e. The van der Waals surface area contributed by atoms with Crippen molar-refractivity contribution < 1.29 is 42.5 Å². The van der Waals surface area contributed by atoms with Crippen LogP contribution in [-0.4, -0.2) is 97.6 Å². The molecule has 3 heterocycles. The summed E-state index contributed by atoms with van der Waals surface area (Å²) >= 11 is 7.89. The average molecular weight is 667 g/mol. The number of halogens is 1. The standard InChI is InChI=1S/C25H40ClN6O9PS/c1-14(2)40-21(34)15(3)31-42(36,38-8-9-43-23(35)24(4,5)11-33)39-10-16-18(37-7)25(6,26)22(41-16)32-13-30-17-19(27)28-12-29-20(17)32/h12-16,18,22,33H,8-11H2,1-7H3,(H,31,36)(H2,27,28,29)/t15-,16-,18-,22-,25-,42?/m1/s1. The van der Waals surface area contributed by atoms with Gasteiger partial charge in [0, 0.05) is 12.9 Å². The van der Waals surface area contributed by atoms with E-state index in [0.717, 1.165) is 11.8 Å². The van der Waals surface area contributed by atoms with Crippen LogP contribution < -0.4 is 10.8 Å². The van der Waals surface area contributed by atoms with Gasteiger partial charge in [0.15, 0.2) is 22.8 Å². The van der Waals surface area contributed by atoms with Crippen LogP contribution in [-0.2, 0) is 37.4 Å². The van der Waals surface area contributed by atoms with Crippen LogP contribution in [0.1, 0.15) is 47.8 Å². The number of aliphatic hydroxyl groups is 1. The number of thioether (sulfide) groups is 1. The molecule has 2 aromatic heterocycles. The first-order valence-electron chi connectivity index (χ1n) is 13.5. The first kappa shape index (κ1) is 35.6. The molecule has 1 fully saturated rings. The summed E-state index contributed by atoms with van der Waals surface area (Å²) in [5, 5.41) is 11.8. The second-order valence-electron chi connectivity index (χ2n) is 11.1. The van der Waals surface area contributed by atoms with Crippen LogP contribution in [0.4, 0.5) is 5.82 Å². The van der Waals surface area contributed by atoms with Gasteiger partial charge in [-0.25, -0.2) is 24.6 Å². The SMILES string of the molecule is CO[C@@H]1[C@@H](COP(=O)(N[C@H](C)C(=O)OC(C)C)OCCSC(=O)C(C)(C)CO)O[C@@H](n2cnc3c(N)ncnc32)[C@]1(C)Cl. The number of nitrogens with one attached hydrogen (secondary N) is 1. The number of carbonyl (C=O) groups excluding carboxylic acids is 2. The van der Waals surface area contributed by atoms with E-state index >= 15 is 0 Å². The van der Waals surface area contributed by atoms with Crippen LogP contribution in [0.25, 0.3) is 11.2 Å². The molecular formula is C25H40ClN6O9PS. The van der Waals surface area contributed by atoms with E-state index in [-0.39, 0.29) is 36.5 Å². The maximum Gasteiger partial charge on any atom is 0.406 e. The van der Waals surface area contributed by atoms with Crippen molar-refractivity contribution >= 4 is 59.2 Å². The highest BCUT2D eigenvalue weighted by Gasteiger charge is 2.55. The van der Waals surface area contributed by atoms with E-state index in [4.69, 9.17) is 40.6 Å². The fourth-order valence-electron chi connectivity index (χ4n) is 4.22. The number of aliphatic hydroxyl groups excluding tert-OH is 1. The smallest absolute Gasteiger partial charge is 0.406 e. The predicted octanol–water partition coefficient (Wildman–Crippen LogP) is 2.67. The number of aromatic nitrogens is 4. The molecule has 0 amide bonds. The Labute approximate surface area is 259 Å². The number of rotatable bonds is 15. The maximum absolute atomic E-state index is 13.9. The number of esters is 1. The van der Waals surface area contributed by atoms with Gasteiger partial charge in [-0.15, -0.1) is 11.6 Å². The number of hydrogen-bond acceptors (Lipinski definition) is 14. The zero-order valence-corrected chi connectivity index (χ0v) is 27.6. The van der Waals surface area contributed by atoms with Crippen LogP contribution in [0.3, 0.4) is 0 Å². The Morgan fingerprint density at radius 2 is 2.00 bits per heavy atom. The Morgan fingerprint density at radius 3 is 2.63 bits per heavy atom. The lowest BCUT2D eigenvalue weighted by Crippen LogP contribution is -2.42. The molecule has 4 N–H and O–H groups in total. The summed E-state index contributed by atoms with van der Waals surface area (Å²) < 4.78 is 44.0. The quantitative estimate of drug-likeness (QED) is 0.108. The number of nitrogens with two attached hydrogens (primary N) is 1. The minimum Gasteiger partial charge on any atom is -0.462 e. The summed E-state index contributed by atoms with van der Waals surface area (Å²) in [6, 6.07) is -1.06. The van der Waals surface area contributed by atoms with Crippen molar-refractivity contribution in [1.82, 2.24) is 24.6 Å². The fraction of sp³-hybridized carbons (Fsp3) is 0.720. The Hall–Kier alpha value is -1.88. The number of hydrogen-bond donors (Lipinski definition) is 3. The van der Waals surface area contributed by atoms with Crippen molar-refractivity contribution in [3.8, 4) is 0 Å². The lowest BCUT2D eigenvalue weighted by atomic mass is 9.97. The number of anilines is 1. The third-order valence-corrected chi connectivity index (χ3v) is 9.87. The molecule has 2 aromatic rings. The van der Waals surface area contributed by atoms with E-state index < -0.39 is 54.6 Å². The highest BCUT2D eigenvalue weighted by molar-refractivity contribution is 8.13. The lowest BCUT2D eigenvalue weighted by Gasteiger charge is -2.28. The summed E-state index contributed by atoms with van der Waals surface area (Å²) in [6.45, 7) is 8.95. The van der Waals surface area contributed by atoms with E-state index in [2.05, 4.69) is 20.0 Å². The fourth-order valence-corrected chi connectivity index (χ4v) is 7.02. The first-order valence-corrected chi connectivity index (χ1v) is 16.4. The molecule has 1 saturated heterocycles. The highest BCUT2D eigenvalue weighted by Crippen LogP contribution is 2.49. The zero-order chi connectivity index (χ0) is 32.2. The van der Waals surface area contributed by atoms with Gasteiger partial charge in [0.05, 0.1) is 37.7 Å². The van der Waals surface area contributed by atoms with E-state index in [1.807, 2.05) is 0 Å². The number of alkyl halides is 1. The molecule has 0 spiro atoms. The van der Waals surface area contributed by atoms with Crippen LogP contribution in [0.5, 0.6) is 0 Å². The molecule has 0 saturated carbocycles. The topological polar surface area (TPSA) is 199 Å². The van der Waals surface area contributed by atoms with E-state index in [0.29, 0.717) is 11.2 Å². The molecule has 1 aliphatic heterocycles. The number of methoxy groups -OCH3 is 1. The first-order chi connectivity index (χ1) is 20.1. The van der Waals surface area contributed by atoms with Crippen LogP contribution in [0, 0.1) is 5.41 Å². The third kappa shape index (κ3) is 8.44. The molecule has 6 atom stereocenters. The number of ether oxygens (including phenoxy) is 3. The predicted molar refractivity (Wildman–Crippen MR) is 160 cm³/mol. The van der Waals surface area contributed by atoms with Crippen LogP contribution >= 0.6 is 31.1 Å². The van der Waals surface area contributed by atoms with Crippen LogP contribution in [0.15, 0.2) is 12.7 Å². The van der Waals surface area contributed by atoms with Crippen molar-refractivity contribution in [1.29, 1.82) is 0 Å². The Kier molecular flexibility index (Phi) is 12.0. The number of nitrogen functional groups attached to an aromatic ring is 1. The molecule has 3 rings (SSSR count). The van der Waals surface area contributed by atoms with E-state index in [1.54, 1.807) is 39.2 Å². The summed E-state index contributed by atoms with van der Waals surface area (Å²) in [7, 11) is -2.74. The summed E-state index contributed by atoms with van der Waals surface area (Å²) in [4.78, 5) is 36.1. The van der Waals surface area contributed by atoms with Crippen molar-refractivity contribution in [3.05, 3.63) is 12.7 Å². The number of nitrogens with zero attached hydrogens (tertiary/aromatic N) is 4. The molecular weight excluding hydrogens is 627 g/mol. The number of fused-ring (bicyclic) bond motifs is 1. The number of imidazole rings is 1. The molecule has 242 valence electrons. The summed E-state index contributed by atoms with van der Waals surface area (Å²) in [6.07, 6.45) is -0.0912. The second-order valence-corrected chi connectivity index (χ2v) is 14.7. The van der Waals surface area contributed by atoms with Gasteiger partial charge >= 0.3 is 13.7 Å². The van der Waals surface area contributed by atoms with Gasteiger partial charge in [-0.05, 0) is 41.5 Å². The van der Waals surface area contributed by atoms with E-state index in [9.17, 15) is 19.3 Å². The second kappa shape index (κ2) is 14.5. The average Bonchev–Trinajstić information content (AvgIpc) is 3.47. The molecule has 1 unspecified atom stereocenters. The van der Waals surface area contributed by atoms with Gasteiger partial charge in [0.2, 0.25) is 0 Å². The number of carbonyl (C=O) groups is 2. The van der Waals surface area contributed by atoms with Gasteiger partial charge in [-0.2, -0.15) is 0 Å².